The van der Waals surface area contributed by atoms with E-state index in [0.29, 0.717) is 27.8 Å². The normalized spacial score (nSPS) is 10.5. The number of nitrogens with zero attached hydrogens (tertiary/aromatic N) is 2. The Morgan fingerprint density at radius 1 is 1.17 bits per heavy atom. The minimum Gasteiger partial charge on any atom is -0.497 e. The number of carbonyl (C=O) groups excluding carboxylic acids is 1. The molecule has 2 aromatic carbocycles. The molecule has 0 aliphatic rings. The zero-order chi connectivity index (χ0) is 16.2. The summed E-state index contributed by atoms with van der Waals surface area (Å²) in [7, 11) is 1.58. The van der Waals surface area contributed by atoms with Crippen LogP contribution in [0.2, 0.25) is 5.02 Å². The van der Waals surface area contributed by atoms with E-state index >= 15 is 0 Å². The number of hydrogen-bond acceptors (Lipinski definition) is 6. The zero-order valence-corrected chi connectivity index (χ0v) is 13.6. The van der Waals surface area contributed by atoms with Crippen molar-refractivity contribution >= 4 is 28.5 Å². The standard InChI is InChI=1S/C16H11ClN2O3S/c1-21-11-6-4-5-10(9-11)14-18-19-16(22-14)23-15(20)12-7-2-3-8-13(12)17/h2-9H,1H3. The van der Waals surface area contributed by atoms with Gasteiger partial charge in [-0.3, -0.25) is 4.79 Å². The highest BCUT2D eigenvalue weighted by atomic mass is 35.5. The number of methoxy groups -OCH3 is 1. The van der Waals surface area contributed by atoms with Crippen molar-refractivity contribution in [1.29, 1.82) is 0 Å². The fourth-order valence-corrected chi connectivity index (χ4v) is 2.81. The van der Waals surface area contributed by atoms with Crippen LogP contribution in [0.5, 0.6) is 5.75 Å². The first-order valence-corrected chi connectivity index (χ1v) is 7.81. The van der Waals surface area contributed by atoms with Gasteiger partial charge in [0.15, 0.2) is 0 Å². The van der Waals surface area contributed by atoms with E-state index in [9.17, 15) is 4.79 Å². The first-order valence-electron chi connectivity index (χ1n) is 6.62. The molecule has 5 nitrogen and oxygen atoms in total. The van der Waals surface area contributed by atoms with Gasteiger partial charge in [0.25, 0.3) is 5.22 Å². The van der Waals surface area contributed by atoms with Crippen molar-refractivity contribution in [3.8, 4) is 17.2 Å². The molecule has 0 spiro atoms. The second kappa shape index (κ2) is 6.85. The fraction of sp³-hybridized carbons (Fsp3) is 0.0625. The highest BCUT2D eigenvalue weighted by Crippen LogP contribution is 2.29. The number of carbonyl (C=O) groups is 1. The van der Waals surface area contributed by atoms with Crippen LogP contribution in [0.4, 0.5) is 0 Å². The van der Waals surface area contributed by atoms with E-state index in [-0.39, 0.29) is 10.3 Å². The van der Waals surface area contributed by atoms with Crippen LogP contribution in [-0.2, 0) is 0 Å². The monoisotopic (exact) mass is 346 g/mol. The van der Waals surface area contributed by atoms with Crippen molar-refractivity contribution in [2.75, 3.05) is 7.11 Å². The van der Waals surface area contributed by atoms with E-state index in [0.717, 1.165) is 11.8 Å². The summed E-state index contributed by atoms with van der Waals surface area (Å²) in [6, 6.07) is 14.0. The molecule has 0 saturated heterocycles. The molecule has 1 heterocycles. The van der Waals surface area contributed by atoms with Crippen molar-refractivity contribution < 1.29 is 13.9 Å². The minimum atomic E-state index is -0.253. The Balaban J connectivity index is 1.79. The lowest BCUT2D eigenvalue weighted by Crippen LogP contribution is -1.94. The molecular weight excluding hydrogens is 336 g/mol. The van der Waals surface area contributed by atoms with Crippen molar-refractivity contribution in [1.82, 2.24) is 10.2 Å². The van der Waals surface area contributed by atoms with Crippen LogP contribution in [-0.4, -0.2) is 22.4 Å². The quantitative estimate of drug-likeness (QED) is 0.655. The topological polar surface area (TPSA) is 65.2 Å². The van der Waals surface area contributed by atoms with Gasteiger partial charge in [0.2, 0.25) is 11.0 Å². The van der Waals surface area contributed by atoms with Gasteiger partial charge in [0.1, 0.15) is 5.75 Å². The lowest BCUT2D eigenvalue weighted by Gasteiger charge is -2.00. The molecule has 3 aromatic rings. The van der Waals surface area contributed by atoms with Crippen LogP contribution in [0.25, 0.3) is 11.5 Å². The Morgan fingerprint density at radius 3 is 2.78 bits per heavy atom. The summed E-state index contributed by atoms with van der Waals surface area (Å²) < 4.78 is 10.7. The Morgan fingerprint density at radius 2 is 2.00 bits per heavy atom. The summed E-state index contributed by atoms with van der Waals surface area (Å²) in [5, 5.41) is 8.13. The molecule has 1 aromatic heterocycles. The molecule has 0 radical (unpaired) electrons. The molecule has 116 valence electrons. The number of ether oxygens (including phenoxy) is 1. The molecule has 0 bridgehead atoms. The molecule has 0 saturated carbocycles. The maximum atomic E-state index is 12.2. The van der Waals surface area contributed by atoms with Crippen LogP contribution in [0.1, 0.15) is 10.4 Å². The van der Waals surface area contributed by atoms with Gasteiger partial charge in [-0.2, -0.15) is 0 Å². The van der Waals surface area contributed by atoms with Gasteiger partial charge in [-0.05, 0) is 30.3 Å². The molecule has 0 aliphatic carbocycles. The molecule has 0 fully saturated rings. The molecule has 3 rings (SSSR count). The van der Waals surface area contributed by atoms with Crippen LogP contribution in [0, 0.1) is 0 Å². The van der Waals surface area contributed by atoms with E-state index in [4.69, 9.17) is 20.8 Å². The highest BCUT2D eigenvalue weighted by molar-refractivity contribution is 8.14. The largest absolute Gasteiger partial charge is 0.497 e. The van der Waals surface area contributed by atoms with Gasteiger partial charge in [0, 0.05) is 22.9 Å². The summed E-state index contributed by atoms with van der Waals surface area (Å²) in [6.07, 6.45) is 0. The second-order valence-corrected chi connectivity index (χ2v) is 5.81. The van der Waals surface area contributed by atoms with Crippen molar-refractivity contribution in [3.05, 3.63) is 59.1 Å². The number of thioether (sulfide) groups is 1. The van der Waals surface area contributed by atoms with Gasteiger partial charge < -0.3 is 9.15 Å². The molecule has 0 N–H and O–H groups in total. The SMILES string of the molecule is COc1cccc(-c2nnc(SC(=O)c3ccccc3Cl)o2)c1. The average Bonchev–Trinajstić information content (AvgIpc) is 3.03. The predicted octanol–water partition coefficient (Wildman–Crippen LogP) is 4.33. The molecule has 23 heavy (non-hydrogen) atoms. The third-order valence-corrected chi connectivity index (χ3v) is 4.07. The van der Waals surface area contributed by atoms with Crippen molar-refractivity contribution in [2.45, 2.75) is 5.22 Å². The maximum absolute atomic E-state index is 12.2. The number of rotatable bonds is 4. The second-order valence-electron chi connectivity index (χ2n) is 4.47. The lowest BCUT2D eigenvalue weighted by molar-refractivity contribution is 0.108. The molecule has 0 atom stereocenters. The number of hydrogen-bond donors (Lipinski definition) is 0. The molecular formula is C16H11ClN2O3S. The van der Waals surface area contributed by atoms with Crippen LogP contribution < -0.4 is 4.74 Å². The van der Waals surface area contributed by atoms with E-state index < -0.39 is 0 Å². The van der Waals surface area contributed by atoms with Gasteiger partial charge in [0.05, 0.1) is 12.1 Å². The van der Waals surface area contributed by atoms with Crippen LogP contribution in [0.15, 0.2) is 58.2 Å². The van der Waals surface area contributed by atoms with Crippen LogP contribution >= 0.6 is 23.4 Å². The zero-order valence-electron chi connectivity index (χ0n) is 12.0. The van der Waals surface area contributed by atoms with Crippen molar-refractivity contribution in [3.63, 3.8) is 0 Å². The third kappa shape index (κ3) is 3.55. The summed E-state index contributed by atoms with van der Waals surface area (Å²) in [5.74, 6) is 1.00. The van der Waals surface area contributed by atoms with E-state index in [1.165, 1.54) is 0 Å². The van der Waals surface area contributed by atoms with E-state index in [2.05, 4.69) is 10.2 Å². The van der Waals surface area contributed by atoms with Gasteiger partial charge in [-0.25, -0.2) is 0 Å². The smallest absolute Gasteiger partial charge is 0.284 e. The van der Waals surface area contributed by atoms with E-state index in [1.807, 2.05) is 18.2 Å². The molecule has 0 amide bonds. The summed E-state index contributed by atoms with van der Waals surface area (Å²) in [4.78, 5) is 12.2. The number of benzene rings is 2. The Labute approximate surface area is 141 Å². The van der Waals surface area contributed by atoms with Crippen LogP contribution in [0.3, 0.4) is 0 Å². The molecule has 0 aliphatic heterocycles. The minimum absolute atomic E-state index is 0.160. The Kier molecular flexibility index (Phi) is 4.64. The Hall–Kier alpha value is -2.31. The third-order valence-electron chi connectivity index (χ3n) is 3.00. The van der Waals surface area contributed by atoms with Gasteiger partial charge in [-0.1, -0.05) is 29.8 Å². The predicted molar refractivity (Wildman–Crippen MR) is 87.9 cm³/mol. The number of aromatic nitrogens is 2. The van der Waals surface area contributed by atoms with Gasteiger partial charge in [-0.15, -0.1) is 10.2 Å². The van der Waals surface area contributed by atoms with Crippen molar-refractivity contribution in [2.24, 2.45) is 0 Å². The summed E-state index contributed by atoms with van der Waals surface area (Å²) in [6.45, 7) is 0. The highest BCUT2D eigenvalue weighted by Gasteiger charge is 2.17. The average molecular weight is 347 g/mol. The summed E-state index contributed by atoms with van der Waals surface area (Å²) >= 11 is 6.85. The van der Waals surface area contributed by atoms with E-state index in [1.54, 1.807) is 37.4 Å². The lowest BCUT2D eigenvalue weighted by atomic mass is 10.2. The number of halogens is 1. The van der Waals surface area contributed by atoms with Gasteiger partial charge >= 0.3 is 0 Å². The molecule has 7 heteroatoms. The molecule has 0 unspecified atom stereocenters. The first-order chi connectivity index (χ1) is 11.2. The summed E-state index contributed by atoms with van der Waals surface area (Å²) in [5.41, 5.74) is 1.12. The fourth-order valence-electron chi connectivity index (χ4n) is 1.88. The maximum Gasteiger partial charge on any atom is 0.284 e. The Bertz CT molecular complexity index is 851. The first kappa shape index (κ1) is 15.6.